The number of aliphatic carboxylic acids is 1. The molecule has 2 unspecified atom stereocenters. The van der Waals surface area contributed by atoms with Crippen molar-refractivity contribution in [2.75, 3.05) is 5.32 Å². The second-order valence-electron chi connectivity index (χ2n) is 5.11. The van der Waals surface area contributed by atoms with Gasteiger partial charge in [-0.25, -0.2) is 0 Å². The maximum Gasteiger partial charge on any atom is 0.311 e. The first-order valence-corrected chi connectivity index (χ1v) is 6.55. The molecule has 1 fully saturated rings. The van der Waals surface area contributed by atoms with Crippen LogP contribution in [0.3, 0.4) is 0 Å². The van der Waals surface area contributed by atoms with E-state index in [1.54, 1.807) is 25.1 Å². The van der Waals surface area contributed by atoms with E-state index in [4.69, 9.17) is 16.9 Å². The molecule has 2 N–H and O–H groups in total. The van der Waals surface area contributed by atoms with Crippen LogP contribution in [-0.4, -0.2) is 17.1 Å². The lowest BCUT2D eigenvalue weighted by atomic mass is 9.84. The predicted octanol–water partition coefficient (Wildman–Crippen LogP) is 3.27. The van der Waals surface area contributed by atoms with E-state index in [0.717, 1.165) is 12.8 Å². The molecule has 4 nitrogen and oxygen atoms in total. The molecule has 1 saturated carbocycles. The summed E-state index contributed by atoms with van der Waals surface area (Å²) in [4.78, 5) is 11.4. The van der Waals surface area contributed by atoms with E-state index in [-0.39, 0.29) is 6.04 Å². The zero-order valence-electron chi connectivity index (χ0n) is 10.6. The number of carboxylic acids is 1. The number of rotatable bonds is 3. The molecule has 0 saturated heterocycles. The first-order valence-electron chi connectivity index (χ1n) is 6.17. The topological polar surface area (TPSA) is 73.1 Å². The molecule has 0 heterocycles. The highest BCUT2D eigenvalue weighted by Crippen LogP contribution is 2.40. The van der Waals surface area contributed by atoms with Gasteiger partial charge in [0.25, 0.3) is 0 Å². The normalized spacial score (nSPS) is 25.8. The molecular formula is C14H15ClN2O2. The highest BCUT2D eigenvalue weighted by Gasteiger charge is 2.45. The number of hydrogen-bond acceptors (Lipinski definition) is 3. The number of anilines is 1. The van der Waals surface area contributed by atoms with Crippen molar-refractivity contribution < 1.29 is 9.90 Å². The van der Waals surface area contributed by atoms with Gasteiger partial charge < -0.3 is 10.4 Å². The second kappa shape index (κ2) is 5.10. The fourth-order valence-corrected chi connectivity index (χ4v) is 2.75. The Kier molecular flexibility index (Phi) is 3.68. The molecule has 2 atom stereocenters. The molecule has 0 aliphatic heterocycles. The summed E-state index contributed by atoms with van der Waals surface area (Å²) in [5, 5.41) is 22.2. The van der Waals surface area contributed by atoms with Crippen molar-refractivity contribution in [1.29, 1.82) is 5.26 Å². The van der Waals surface area contributed by atoms with Gasteiger partial charge in [-0.2, -0.15) is 5.26 Å². The van der Waals surface area contributed by atoms with Gasteiger partial charge in [-0.15, -0.1) is 0 Å². The molecule has 5 heteroatoms. The van der Waals surface area contributed by atoms with Gasteiger partial charge in [0.1, 0.15) is 6.07 Å². The molecule has 100 valence electrons. The summed E-state index contributed by atoms with van der Waals surface area (Å²) >= 11 is 5.93. The Morgan fingerprint density at radius 2 is 2.37 bits per heavy atom. The fraction of sp³-hybridized carbons (Fsp3) is 0.429. The van der Waals surface area contributed by atoms with Crippen molar-refractivity contribution in [2.24, 2.45) is 5.41 Å². The summed E-state index contributed by atoms with van der Waals surface area (Å²) in [6.45, 7) is 1.75. The smallest absolute Gasteiger partial charge is 0.311 e. The first-order chi connectivity index (χ1) is 8.97. The number of nitrogens with zero attached hydrogens (tertiary/aromatic N) is 1. The molecule has 1 aromatic rings. The third-order valence-electron chi connectivity index (χ3n) is 3.88. The van der Waals surface area contributed by atoms with Crippen LogP contribution >= 0.6 is 11.6 Å². The van der Waals surface area contributed by atoms with Crippen LogP contribution in [0.1, 0.15) is 31.7 Å². The van der Waals surface area contributed by atoms with Crippen LogP contribution in [0.2, 0.25) is 5.02 Å². The third kappa shape index (κ3) is 2.52. The summed E-state index contributed by atoms with van der Waals surface area (Å²) in [5.41, 5.74) is 0.285. The lowest BCUT2D eigenvalue weighted by molar-refractivity contribution is -0.147. The Morgan fingerprint density at radius 3 is 3.00 bits per heavy atom. The van der Waals surface area contributed by atoms with E-state index in [2.05, 4.69) is 11.4 Å². The number of carbonyl (C=O) groups is 1. The lowest BCUT2D eigenvalue weighted by Crippen LogP contribution is -2.40. The first kappa shape index (κ1) is 13.7. The summed E-state index contributed by atoms with van der Waals surface area (Å²) in [6.07, 6.45) is 2.28. The molecule has 1 aliphatic carbocycles. The Hall–Kier alpha value is -1.73. The van der Waals surface area contributed by atoms with Gasteiger partial charge in [0.15, 0.2) is 0 Å². The molecule has 0 radical (unpaired) electrons. The average Bonchev–Trinajstić information content (AvgIpc) is 2.73. The highest BCUT2D eigenvalue weighted by atomic mass is 35.5. The Balaban J connectivity index is 2.29. The van der Waals surface area contributed by atoms with Crippen LogP contribution in [0.25, 0.3) is 0 Å². The minimum absolute atomic E-state index is 0.185. The van der Waals surface area contributed by atoms with Gasteiger partial charge >= 0.3 is 5.97 Å². The fourth-order valence-electron chi connectivity index (χ4n) is 2.57. The van der Waals surface area contributed by atoms with E-state index >= 15 is 0 Å². The number of carboxylic acid groups (broad SMARTS) is 1. The van der Waals surface area contributed by atoms with Crippen LogP contribution in [0.15, 0.2) is 18.2 Å². The largest absolute Gasteiger partial charge is 0.481 e. The van der Waals surface area contributed by atoms with Crippen LogP contribution in [-0.2, 0) is 4.79 Å². The monoisotopic (exact) mass is 278 g/mol. The third-order valence-corrected chi connectivity index (χ3v) is 4.11. The quantitative estimate of drug-likeness (QED) is 0.890. The minimum atomic E-state index is -0.803. The maximum atomic E-state index is 11.4. The van der Waals surface area contributed by atoms with E-state index < -0.39 is 11.4 Å². The molecule has 0 bridgehead atoms. The average molecular weight is 279 g/mol. The summed E-state index contributed by atoms with van der Waals surface area (Å²) < 4.78 is 0. The molecule has 19 heavy (non-hydrogen) atoms. The summed E-state index contributed by atoms with van der Waals surface area (Å²) in [7, 11) is 0. The van der Waals surface area contributed by atoms with Crippen LogP contribution in [0.4, 0.5) is 5.69 Å². The van der Waals surface area contributed by atoms with Crippen LogP contribution in [0, 0.1) is 16.7 Å². The molecule has 0 amide bonds. The summed E-state index contributed by atoms with van der Waals surface area (Å²) in [5.74, 6) is -0.803. The Morgan fingerprint density at radius 1 is 1.63 bits per heavy atom. The number of nitrogens with one attached hydrogen (secondary N) is 1. The summed E-state index contributed by atoms with van der Waals surface area (Å²) in [6, 6.07) is 6.85. The molecule has 2 rings (SSSR count). The minimum Gasteiger partial charge on any atom is -0.481 e. The van der Waals surface area contributed by atoms with E-state index in [9.17, 15) is 9.90 Å². The lowest BCUT2D eigenvalue weighted by Gasteiger charge is -2.29. The number of halogens is 1. The molecule has 0 spiro atoms. The van der Waals surface area contributed by atoms with Crippen LogP contribution < -0.4 is 5.32 Å². The number of benzene rings is 1. The van der Waals surface area contributed by atoms with E-state index in [1.165, 1.54) is 0 Å². The van der Waals surface area contributed by atoms with E-state index in [0.29, 0.717) is 22.7 Å². The standard InChI is InChI=1S/C14H15ClN2O2/c1-14(13(18)19)6-2-3-12(14)17-11-7-10(15)5-4-9(11)8-16/h4-5,7,12,17H,2-3,6H2,1H3,(H,18,19). The zero-order chi connectivity index (χ0) is 14.0. The zero-order valence-corrected chi connectivity index (χ0v) is 11.4. The van der Waals surface area contributed by atoms with Crippen molar-refractivity contribution in [3.8, 4) is 6.07 Å². The van der Waals surface area contributed by atoms with Gasteiger partial charge in [0, 0.05) is 11.1 Å². The SMILES string of the molecule is CC1(C(=O)O)CCCC1Nc1cc(Cl)ccc1C#N. The maximum absolute atomic E-state index is 11.4. The molecular weight excluding hydrogens is 264 g/mol. The van der Waals surface area contributed by atoms with Crippen LogP contribution in [0.5, 0.6) is 0 Å². The Labute approximate surface area is 117 Å². The Bertz CT molecular complexity index is 553. The van der Waals surface area contributed by atoms with Gasteiger partial charge in [-0.3, -0.25) is 4.79 Å². The number of hydrogen-bond donors (Lipinski definition) is 2. The number of nitriles is 1. The molecule has 0 aromatic heterocycles. The highest BCUT2D eigenvalue weighted by molar-refractivity contribution is 6.30. The van der Waals surface area contributed by atoms with E-state index in [1.807, 2.05) is 0 Å². The van der Waals surface area contributed by atoms with Crippen molar-refractivity contribution in [3.05, 3.63) is 28.8 Å². The van der Waals surface area contributed by atoms with Crippen molar-refractivity contribution in [2.45, 2.75) is 32.2 Å². The van der Waals surface area contributed by atoms with Gasteiger partial charge in [-0.1, -0.05) is 18.0 Å². The van der Waals surface area contributed by atoms with Crippen molar-refractivity contribution in [1.82, 2.24) is 0 Å². The van der Waals surface area contributed by atoms with Crippen molar-refractivity contribution in [3.63, 3.8) is 0 Å². The second-order valence-corrected chi connectivity index (χ2v) is 5.55. The van der Waals surface area contributed by atoms with Gasteiger partial charge in [-0.05, 0) is 38.0 Å². The van der Waals surface area contributed by atoms with Crippen molar-refractivity contribution >= 4 is 23.3 Å². The van der Waals surface area contributed by atoms with Gasteiger partial charge in [0.2, 0.25) is 0 Å². The van der Waals surface area contributed by atoms with Gasteiger partial charge in [0.05, 0.1) is 16.7 Å². The molecule has 1 aromatic carbocycles. The molecule has 1 aliphatic rings. The predicted molar refractivity (Wildman–Crippen MR) is 73.2 cm³/mol.